The molecule has 2 rings (SSSR count). The van der Waals surface area contributed by atoms with Crippen molar-refractivity contribution in [3.05, 3.63) is 0 Å². The molecule has 3 heteroatoms. The Morgan fingerprint density at radius 3 is 2.40 bits per heavy atom. The van der Waals surface area contributed by atoms with Gasteiger partial charge in [-0.05, 0) is 44.9 Å². The first kappa shape index (κ1) is 11.9. The summed E-state index contributed by atoms with van der Waals surface area (Å²) in [4.78, 5) is 0.584. The predicted octanol–water partition coefficient (Wildman–Crippen LogP) is 3.28. The molecule has 0 N–H and O–H groups in total. The minimum absolute atomic E-state index is 0.430. The van der Waals surface area contributed by atoms with Gasteiger partial charge in [-0.3, -0.25) is 0 Å². The van der Waals surface area contributed by atoms with Crippen LogP contribution >= 0.6 is 15.9 Å². The molecule has 4 unspecified atom stereocenters. The maximum absolute atomic E-state index is 6.17. The molecule has 0 aromatic rings. The lowest BCUT2D eigenvalue weighted by Crippen LogP contribution is -2.32. The smallest absolute Gasteiger partial charge is 0.0703 e. The maximum atomic E-state index is 6.17. The van der Waals surface area contributed by atoms with E-state index in [1.165, 1.54) is 38.5 Å². The van der Waals surface area contributed by atoms with Gasteiger partial charge in [0.05, 0.1) is 18.3 Å². The van der Waals surface area contributed by atoms with Gasteiger partial charge < -0.3 is 9.47 Å². The highest BCUT2D eigenvalue weighted by Gasteiger charge is 2.30. The van der Waals surface area contributed by atoms with E-state index in [4.69, 9.17) is 9.47 Å². The van der Waals surface area contributed by atoms with Gasteiger partial charge >= 0.3 is 0 Å². The van der Waals surface area contributed by atoms with Crippen molar-refractivity contribution in [1.82, 2.24) is 0 Å². The second kappa shape index (κ2) is 5.65. The highest BCUT2D eigenvalue weighted by molar-refractivity contribution is 9.09. The molecule has 0 spiro atoms. The predicted molar refractivity (Wildman–Crippen MR) is 64.5 cm³/mol. The van der Waals surface area contributed by atoms with E-state index < -0.39 is 0 Å². The van der Waals surface area contributed by atoms with Gasteiger partial charge in [-0.1, -0.05) is 15.9 Å². The zero-order chi connectivity index (χ0) is 10.7. The molecule has 0 amide bonds. The van der Waals surface area contributed by atoms with Gasteiger partial charge in [0, 0.05) is 11.9 Å². The highest BCUT2D eigenvalue weighted by atomic mass is 79.9. The number of ether oxygens (including phenoxy) is 2. The summed E-state index contributed by atoms with van der Waals surface area (Å²) in [6, 6.07) is 0. The van der Waals surface area contributed by atoms with Crippen molar-refractivity contribution in [1.29, 1.82) is 0 Å². The Labute approximate surface area is 101 Å². The molecule has 0 aromatic carbocycles. The van der Waals surface area contributed by atoms with Crippen molar-refractivity contribution >= 4 is 15.9 Å². The van der Waals surface area contributed by atoms with Crippen LogP contribution in [0.5, 0.6) is 0 Å². The van der Waals surface area contributed by atoms with Crippen molar-refractivity contribution in [2.75, 3.05) is 7.11 Å². The van der Waals surface area contributed by atoms with Crippen LogP contribution in [0.3, 0.4) is 0 Å². The Hall–Kier alpha value is 0.400. The molecule has 0 bridgehead atoms. The van der Waals surface area contributed by atoms with Crippen LogP contribution in [0, 0.1) is 0 Å². The zero-order valence-corrected chi connectivity index (χ0v) is 11.0. The van der Waals surface area contributed by atoms with E-state index in [9.17, 15) is 0 Å². The van der Waals surface area contributed by atoms with Gasteiger partial charge in [-0.15, -0.1) is 0 Å². The third-order valence-corrected chi connectivity index (χ3v) is 4.70. The van der Waals surface area contributed by atoms with E-state index in [0.717, 1.165) is 6.42 Å². The average Bonchev–Trinajstić information content (AvgIpc) is 2.65. The number of alkyl halides is 1. The Balaban J connectivity index is 1.78. The first-order chi connectivity index (χ1) is 7.29. The second-order valence-electron chi connectivity index (χ2n) is 4.77. The first-order valence-corrected chi connectivity index (χ1v) is 7.03. The molecule has 88 valence electrons. The Morgan fingerprint density at radius 1 is 1.00 bits per heavy atom. The molecule has 2 fully saturated rings. The quantitative estimate of drug-likeness (QED) is 0.737. The van der Waals surface area contributed by atoms with Crippen LogP contribution in [0.4, 0.5) is 0 Å². The third-order valence-electron chi connectivity index (χ3n) is 3.65. The molecule has 2 nitrogen and oxygen atoms in total. The largest absolute Gasteiger partial charge is 0.381 e. The van der Waals surface area contributed by atoms with Gasteiger partial charge in [0.15, 0.2) is 0 Å². The fraction of sp³-hybridized carbons (Fsp3) is 1.00. The molecule has 2 aliphatic carbocycles. The SMILES string of the molecule is COC1CCCC(OC2CCCC2Br)C1. The molecule has 0 aromatic heterocycles. The van der Waals surface area contributed by atoms with Gasteiger partial charge in [-0.2, -0.15) is 0 Å². The number of rotatable bonds is 3. The van der Waals surface area contributed by atoms with Crippen molar-refractivity contribution in [3.8, 4) is 0 Å². The normalized spacial score (nSPS) is 42.0. The maximum Gasteiger partial charge on any atom is 0.0703 e. The van der Waals surface area contributed by atoms with Crippen LogP contribution < -0.4 is 0 Å². The van der Waals surface area contributed by atoms with E-state index in [0.29, 0.717) is 23.1 Å². The molecular formula is C12H21BrO2. The summed E-state index contributed by atoms with van der Waals surface area (Å²) in [5.74, 6) is 0. The van der Waals surface area contributed by atoms with E-state index in [2.05, 4.69) is 15.9 Å². The average molecular weight is 277 g/mol. The molecule has 0 heterocycles. The number of hydrogen-bond donors (Lipinski definition) is 0. The Kier molecular flexibility index (Phi) is 4.47. The fourth-order valence-corrected chi connectivity index (χ4v) is 3.43. The molecule has 0 saturated heterocycles. The summed E-state index contributed by atoms with van der Waals surface area (Å²) in [7, 11) is 1.82. The summed E-state index contributed by atoms with van der Waals surface area (Å²) in [5.41, 5.74) is 0. The van der Waals surface area contributed by atoms with Crippen molar-refractivity contribution in [3.63, 3.8) is 0 Å². The van der Waals surface area contributed by atoms with E-state index >= 15 is 0 Å². The van der Waals surface area contributed by atoms with E-state index in [1.807, 2.05) is 7.11 Å². The standard InChI is InChI=1S/C12H21BrO2/c1-14-9-4-2-5-10(8-9)15-12-7-3-6-11(12)13/h9-12H,2-8H2,1H3. The summed E-state index contributed by atoms with van der Waals surface area (Å²) < 4.78 is 11.6. The summed E-state index contributed by atoms with van der Waals surface area (Å²) in [6.45, 7) is 0. The van der Waals surface area contributed by atoms with Crippen LogP contribution in [0.1, 0.15) is 44.9 Å². The number of methoxy groups -OCH3 is 1. The lowest BCUT2D eigenvalue weighted by Gasteiger charge is -2.31. The molecule has 4 atom stereocenters. The van der Waals surface area contributed by atoms with Gasteiger partial charge in [0.2, 0.25) is 0 Å². The van der Waals surface area contributed by atoms with Crippen LogP contribution in [0.25, 0.3) is 0 Å². The summed E-state index contributed by atoms with van der Waals surface area (Å²) >= 11 is 3.71. The lowest BCUT2D eigenvalue weighted by molar-refractivity contribution is -0.0601. The second-order valence-corrected chi connectivity index (χ2v) is 5.94. The van der Waals surface area contributed by atoms with Crippen molar-refractivity contribution < 1.29 is 9.47 Å². The van der Waals surface area contributed by atoms with Crippen LogP contribution in [-0.4, -0.2) is 30.2 Å². The minimum atomic E-state index is 0.430. The summed E-state index contributed by atoms with van der Waals surface area (Å²) in [5, 5.41) is 0. The van der Waals surface area contributed by atoms with Gasteiger partial charge in [0.1, 0.15) is 0 Å². The zero-order valence-electron chi connectivity index (χ0n) is 9.45. The van der Waals surface area contributed by atoms with Gasteiger partial charge in [0.25, 0.3) is 0 Å². The summed E-state index contributed by atoms with van der Waals surface area (Å²) in [6.07, 6.45) is 9.89. The van der Waals surface area contributed by atoms with Crippen LogP contribution in [0.15, 0.2) is 0 Å². The third kappa shape index (κ3) is 3.18. The minimum Gasteiger partial charge on any atom is -0.381 e. The Bertz CT molecular complexity index is 198. The van der Waals surface area contributed by atoms with Crippen LogP contribution in [-0.2, 0) is 9.47 Å². The number of hydrogen-bond acceptors (Lipinski definition) is 2. The molecular weight excluding hydrogens is 256 g/mol. The van der Waals surface area contributed by atoms with Crippen molar-refractivity contribution in [2.24, 2.45) is 0 Å². The molecule has 2 saturated carbocycles. The topological polar surface area (TPSA) is 18.5 Å². The first-order valence-electron chi connectivity index (χ1n) is 6.12. The van der Waals surface area contributed by atoms with E-state index in [-0.39, 0.29) is 0 Å². The lowest BCUT2D eigenvalue weighted by atomic mass is 9.94. The molecule has 15 heavy (non-hydrogen) atoms. The van der Waals surface area contributed by atoms with Crippen LogP contribution in [0.2, 0.25) is 0 Å². The molecule has 0 aliphatic heterocycles. The number of halogens is 1. The Morgan fingerprint density at radius 2 is 1.73 bits per heavy atom. The monoisotopic (exact) mass is 276 g/mol. The van der Waals surface area contributed by atoms with Gasteiger partial charge in [-0.25, -0.2) is 0 Å². The van der Waals surface area contributed by atoms with Crippen molar-refractivity contribution in [2.45, 2.75) is 68.1 Å². The highest BCUT2D eigenvalue weighted by Crippen LogP contribution is 2.32. The molecule has 2 aliphatic rings. The molecule has 0 radical (unpaired) electrons. The van der Waals surface area contributed by atoms with E-state index in [1.54, 1.807) is 0 Å². The fourth-order valence-electron chi connectivity index (χ4n) is 2.72.